The van der Waals surface area contributed by atoms with E-state index < -0.39 is 6.10 Å². The third-order valence-corrected chi connectivity index (χ3v) is 5.08. The van der Waals surface area contributed by atoms with E-state index in [2.05, 4.69) is 17.4 Å². The second kappa shape index (κ2) is 10.2. The zero-order valence-electron chi connectivity index (χ0n) is 17.6. The molecule has 0 unspecified atom stereocenters. The molecule has 0 heterocycles. The van der Waals surface area contributed by atoms with Crippen molar-refractivity contribution in [3.8, 4) is 17.2 Å². The highest BCUT2D eigenvalue weighted by Gasteiger charge is 2.16. The number of amides is 1. The fourth-order valence-electron chi connectivity index (χ4n) is 3.58. The SMILES string of the molecule is CCOc1ccc(CNC(=O)[C@@H](C)Oc2ccc3c(c2)CCCC3)cc1OCC. The molecule has 1 aliphatic rings. The van der Waals surface area contributed by atoms with Gasteiger partial charge in [-0.3, -0.25) is 4.79 Å². The van der Waals surface area contributed by atoms with Crippen LogP contribution in [0.3, 0.4) is 0 Å². The van der Waals surface area contributed by atoms with Crippen LogP contribution in [0.2, 0.25) is 0 Å². The molecular formula is C24H31NO4. The van der Waals surface area contributed by atoms with E-state index in [-0.39, 0.29) is 5.91 Å². The van der Waals surface area contributed by atoms with Gasteiger partial charge in [0.15, 0.2) is 17.6 Å². The smallest absolute Gasteiger partial charge is 0.261 e. The highest BCUT2D eigenvalue weighted by molar-refractivity contribution is 5.80. The molecule has 2 aromatic rings. The first-order valence-corrected chi connectivity index (χ1v) is 10.6. The van der Waals surface area contributed by atoms with Gasteiger partial charge in [-0.25, -0.2) is 0 Å². The number of hydrogen-bond donors (Lipinski definition) is 1. The molecule has 1 aliphatic carbocycles. The number of benzene rings is 2. The highest BCUT2D eigenvalue weighted by Crippen LogP contribution is 2.29. The molecule has 0 spiro atoms. The molecule has 1 amide bonds. The number of aryl methyl sites for hydroxylation is 2. The lowest BCUT2D eigenvalue weighted by molar-refractivity contribution is -0.127. The summed E-state index contributed by atoms with van der Waals surface area (Å²) in [6.07, 6.45) is 4.14. The summed E-state index contributed by atoms with van der Waals surface area (Å²) in [5, 5.41) is 2.94. The van der Waals surface area contributed by atoms with Gasteiger partial charge in [-0.1, -0.05) is 12.1 Å². The van der Waals surface area contributed by atoms with Gasteiger partial charge in [0.05, 0.1) is 13.2 Å². The number of carbonyl (C=O) groups excluding carboxylic acids is 1. The molecule has 5 nitrogen and oxygen atoms in total. The van der Waals surface area contributed by atoms with Crippen LogP contribution in [0.15, 0.2) is 36.4 Å². The number of fused-ring (bicyclic) bond motifs is 1. The Balaban J connectivity index is 1.56. The largest absolute Gasteiger partial charge is 0.490 e. The Bertz CT molecular complexity index is 834. The third kappa shape index (κ3) is 5.66. The molecule has 5 heteroatoms. The van der Waals surface area contributed by atoms with E-state index in [1.807, 2.05) is 38.1 Å². The molecule has 0 saturated carbocycles. The van der Waals surface area contributed by atoms with E-state index in [1.54, 1.807) is 6.92 Å². The van der Waals surface area contributed by atoms with Crippen molar-refractivity contribution in [3.63, 3.8) is 0 Å². The summed E-state index contributed by atoms with van der Waals surface area (Å²) in [5.74, 6) is 2.02. The Morgan fingerprint density at radius 1 is 0.966 bits per heavy atom. The molecule has 156 valence electrons. The molecule has 29 heavy (non-hydrogen) atoms. The van der Waals surface area contributed by atoms with E-state index in [9.17, 15) is 4.79 Å². The number of carbonyl (C=O) groups is 1. The minimum atomic E-state index is -0.564. The minimum Gasteiger partial charge on any atom is -0.490 e. The Kier molecular flexibility index (Phi) is 7.39. The average Bonchev–Trinajstić information content (AvgIpc) is 2.73. The van der Waals surface area contributed by atoms with Crippen molar-refractivity contribution in [1.29, 1.82) is 0 Å². The van der Waals surface area contributed by atoms with Gasteiger partial charge in [0.2, 0.25) is 0 Å². The summed E-state index contributed by atoms with van der Waals surface area (Å²) in [4.78, 5) is 12.5. The maximum absolute atomic E-state index is 12.5. The van der Waals surface area contributed by atoms with Crippen LogP contribution < -0.4 is 19.5 Å². The third-order valence-electron chi connectivity index (χ3n) is 5.08. The second-order valence-corrected chi connectivity index (χ2v) is 7.26. The van der Waals surface area contributed by atoms with Crippen molar-refractivity contribution >= 4 is 5.91 Å². The minimum absolute atomic E-state index is 0.144. The molecule has 0 radical (unpaired) electrons. The molecular weight excluding hydrogens is 366 g/mol. The molecule has 0 aliphatic heterocycles. The normalized spacial score (nSPS) is 13.9. The summed E-state index contributed by atoms with van der Waals surface area (Å²) in [7, 11) is 0. The van der Waals surface area contributed by atoms with Gasteiger partial charge in [-0.15, -0.1) is 0 Å². The molecule has 3 rings (SSSR count). The van der Waals surface area contributed by atoms with Gasteiger partial charge in [0.25, 0.3) is 5.91 Å². The summed E-state index contributed by atoms with van der Waals surface area (Å²) in [5.41, 5.74) is 3.70. The molecule has 0 bridgehead atoms. The van der Waals surface area contributed by atoms with Gasteiger partial charge >= 0.3 is 0 Å². The van der Waals surface area contributed by atoms with E-state index >= 15 is 0 Å². The average molecular weight is 398 g/mol. The van der Waals surface area contributed by atoms with Crippen molar-refractivity contribution < 1.29 is 19.0 Å². The Hall–Kier alpha value is -2.69. The summed E-state index contributed by atoms with van der Waals surface area (Å²) >= 11 is 0. The van der Waals surface area contributed by atoms with E-state index in [1.165, 1.54) is 24.0 Å². The van der Waals surface area contributed by atoms with Crippen molar-refractivity contribution in [3.05, 3.63) is 53.1 Å². The van der Waals surface area contributed by atoms with Crippen molar-refractivity contribution in [2.45, 2.75) is 59.1 Å². The highest BCUT2D eigenvalue weighted by atomic mass is 16.5. The van der Waals surface area contributed by atoms with Crippen molar-refractivity contribution in [2.24, 2.45) is 0 Å². The Morgan fingerprint density at radius 3 is 2.45 bits per heavy atom. The van der Waals surface area contributed by atoms with Crippen LogP contribution in [0.1, 0.15) is 50.3 Å². The lowest BCUT2D eigenvalue weighted by Crippen LogP contribution is -2.35. The molecule has 1 atom stereocenters. The van der Waals surface area contributed by atoms with Gasteiger partial charge in [-0.05, 0) is 87.4 Å². The fourth-order valence-corrected chi connectivity index (χ4v) is 3.58. The topological polar surface area (TPSA) is 56.8 Å². The maximum Gasteiger partial charge on any atom is 0.261 e. The first kappa shape index (κ1) is 21.0. The van der Waals surface area contributed by atoms with E-state index in [0.717, 1.165) is 24.2 Å². The number of hydrogen-bond acceptors (Lipinski definition) is 4. The molecule has 0 aromatic heterocycles. The number of rotatable bonds is 9. The molecule has 0 saturated heterocycles. The van der Waals surface area contributed by atoms with Crippen LogP contribution in [0.5, 0.6) is 17.2 Å². The quantitative estimate of drug-likeness (QED) is 0.679. The summed E-state index contributed by atoms with van der Waals surface area (Å²) < 4.78 is 17.1. The zero-order chi connectivity index (χ0) is 20.6. The molecule has 0 fully saturated rings. The van der Waals surface area contributed by atoms with Gasteiger partial charge < -0.3 is 19.5 Å². The van der Waals surface area contributed by atoms with Crippen LogP contribution in [-0.4, -0.2) is 25.2 Å². The molecule has 1 N–H and O–H groups in total. The van der Waals surface area contributed by atoms with E-state index in [4.69, 9.17) is 14.2 Å². The maximum atomic E-state index is 12.5. The van der Waals surface area contributed by atoms with Crippen LogP contribution >= 0.6 is 0 Å². The van der Waals surface area contributed by atoms with Crippen LogP contribution in [0, 0.1) is 0 Å². The zero-order valence-corrected chi connectivity index (χ0v) is 17.6. The molecule has 2 aromatic carbocycles. The fraction of sp³-hybridized carbons (Fsp3) is 0.458. The van der Waals surface area contributed by atoms with Crippen LogP contribution in [-0.2, 0) is 24.2 Å². The Labute approximate surface area is 173 Å². The monoisotopic (exact) mass is 397 g/mol. The number of ether oxygens (including phenoxy) is 3. The van der Waals surface area contributed by atoms with Crippen LogP contribution in [0.25, 0.3) is 0 Å². The predicted octanol–water partition coefficient (Wildman–Crippen LogP) is 4.45. The summed E-state index contributed by atoms with van der Waals surface area (Å²) in [6.45, 7) is 7.19. The summed E-state index contributed by atoms with van der Waals surface area (Å²) in [6, 6.07) is 11.9. The lowest BCUT2D eigenvalue weighted by Gasteiger charge is -2.19. The van der Waals surface area contributed by atoms with Crippen molar-refractivity contribution in [2.75, 3.05) is 13.2 Å². The number of nitrogens with one attached hydrogen (secondary N) is 1. The standard InChI is InChI=1S/C24H31NO4/c1-4-27-22-13-10-18(14-23(22)28-5-2)16-25-24(26)17(3)29-21-12-11-19-8-6-7-9-20(19)15-21/h10-15,17H,4-9,16H2,1-3H3,(H,25,26)/t17-/m1/s1. The second-order valence-electron chi connectivity index (χ2n) is 7.26. The van der Waals surface area contributed by atoms with Crippen LogP contribution in [0.4, 0.5) is 0 Å². The predicted molar refractivity (Wildman–Crippen MR) is 114 cm³/mol. The van der Waals surface area contributed by atoms with Gasteiger partial charge in [0.1, 0.15) is 5.75 Å². The Morgan fingerprint density at radius 2 is 1.69 bits per heavy atom. The lowest BCUT2D eigenvalue weighted by atomic mass is 9.92. The van der Waals surface area contributed by atoms with Gasteiger partial charge in [-0.2, -0.15) is 0 Å². The van der Waals surface area contributed by atoms with Crippen molar-refractivity contribution in [1.82, 2.24) is 5.32 Å². The van der Waals surface area contributed by atoms with E-state index in [0.29, 0.717) is 31.3 Å². The first-order valence-electron chi connectivity index (χ1n) is 10.6. The van der Waals surface area contributed by atoms with Gasteiger partial charge in [0, 0.05) is 6.54 Å². The first-order chi connectivity index (χ1) is 14.1.